The highest BCUT2D eigenvalue weighted by Gasteiger charge is 2.22. The third-order valence-corrected chi connectivity index (χ3v) is 3.25. The van der Waals surface area contributed by atoms with E-state index in [0.717, 1.165) is 5.82 Å². The standard InChI is InChI=1S/C12H21N3O2S/c1-7(2)8(6-9(16)17)13-11-14-10(15-18-11)12(3,4)5/h7-8H,6H2,1-5H3,(H,16,17)(H,13,14,15). The molecule has 18 heavy (non-hydrogen) atoms. The first kappa shape index (κ1) is 14.9. The smallest absolute Gasteiger partial charge is 0.305 e. The summed E-state index contributed by atoms with van der Waals surface area (Å²) < 4.78 is 4.30. The first-order valence-corrected chi connectivity index (χ1v) is 6.80. The Hall–Kier alpha value is -1.17. The van der Waals surface area contributed by atoms with E-state index in [0.29, 0.717) is 5.13 Å². The number of carboxylic acids is 1. The summed E-state index contributed by atoms with van der Waals surface area (Å²) in [6, 6.07) is -0.122. The van der Waals surface area contributed by atoms with Crippen LogP contribution in [0.15, 0.2) is 0 Å². The lowest BCUT2D eigenvalue weighted by Crippen LogP contribution is -2.28. The van der Waals surface area contributed by atoms with Gasteiger partial charge in [-0.15, -0.1) is 0 Å². The molecule has 0 aromatic carbocycles. The Labute approximate surface area is 112 Å². The van der Waals surface area contributed by atoms with E-state index >= 15 is 0 Å². The van der Waals surface area contributed by atoms with E-state index in [2.05, 4.69) is 35.4 Å². The summed E-state index contributed by atoms with van der Waals surface area (Å²) in [5.74, 6) is 0.206. The van der Waals surface area contributed by atoms with Crippen LogP contribution in [0.25, 0.3) is 0 Å². The van der Waals surface area contributed by atoms with Crippen molar-refractivity contribution in [1.29, 1.82) is 0 Å². The highest BCUT2D eigenvalue weighted by molar-refractivity contribution is 7.09. The highest BCUT2D eigenvalue weighted by Crippen LogP contribution is 2.24. The van der Waals surface area contributed by atoms with Crippen molar-refractivity contribution < 1.29 is 9.90 Å². The minimum Gasteiger partial charge on any atom is -0.481 e. The van der Waals surface area contributed by atoms with Gasteiger partial charge >= 0.3 is 5.97 Å². The molecule has 2 N–H and O–H groups in total. The van der Waals surface area contributed by atoms with Gasteiger partial charge in [-0.2, -0.15) is 4.37 Å². The Morgan fingerprint density at radius 2 is 2.06 bits per heavy atom. The second-order valence-corrected chi connectivity index (χ2v) is 6.52. The van der Waals surface area contributed by atoms with Crippen LogP contribution in [0.5, 0.6) is 0 Å². The summed E-state index contributed by atoms with van der Waals surface area (Å²) in [6.45, 7) is 10.1. The van der Waals surface area contributed by atoms with Crippen LogP contribution in [0.1, 0.15) is 46.9 Å². The zero-order chi connectivity index (χ0) is 13.9. The predicted octanol–water partition coefficient (Wildman–Crippen LogP) is 2.75. The molecule has 0 spiro atoms. The minimum absolute atomic E-state index is 0.0854. The van der Waals surface area contributed by atoms with Crippen LogP contribution in [-0.4, -0.2) is 26.5 Å². The molecular weight excluding hydrogens is 250 g/mol. The first-order valence-electron chi connectivity index (χ1n) is 6.02. The fraction of sp³-hybridized carbons (Fsp3) is 0.750. The predicted molar refractivity (Wildman–Crippen MR) is 73.1 cm³/mol. The van der Waals surface area contributed by atoms with E-state index in [-0.39, 0.29) is 23.8 Å². The Balaban J connectivity index is 2.76. The Morgan fingerprint density at radius 3 is 2.44 bits per heavy atom. The molecule has 1 unspecified atom stereocenters. The number of rotatable bonds is 5. The van der Waals surface area contributed by atoms with Gasteiger partial charge in [-0.05, 0) is 5.92 Å². The second-order valence-electron chi connectivity index (χ2n) is 5.77. The maximum atomic E-state index is 10.8. The number of aliphatic carboxylic acids is 1. The van der Waals surface area contributed by atoms with Gasteiger partial charge in [-0.25, -0.2) is 4.98 Å². The number of anilines is 1. The summed E-state index contributed by atoms with van der Waals surface area (Å²) in [6.07, 6.45) is 0.0854. The molecule has 0 aliphatic heterocycles. The Bertz CT molecular complexity index is 410. The molecule has 0 amide bonds. The van der Waals surface area contributed by atoms with Gasteiger partial charge in [0.05, 0.1) is 6.42 Å². The fourth-order valence-corrected chi connectivity index (χ4v) is 2.21. The molecule has 0 aliphatic rings. The molecule has 0 aliphatic carbocycles. The van der Waals surface area contributed by atoms with Crippen LogP contribution in [0, 0.1) is 5.92 Å². The van der Waals surface area contributed by atoms with Crippen molar-refractivity contribution in [3.05, 3.63) is 5.82 Å². The van der Waals surface area contributed by atoms with Crippen LogP contribution in [0.3, 0.4) is 0 Å². The van der Waals surface area contributed by atoms with E-state index in [1.807, 2.05) is 13.8 Å². The molecule has 0 saturated carbocycles. The normalized spacial score (nSPS) is 13.7. The summed E-state index contributed by atoms with van der Waals surface area (Å²) in [7, 11) is 0. The van der Waals surface area contributed by atoms with Crippen molar-refractivity contribution in [3.8, 4) is 0 Å². The lowest BCUT2D eigenvalue weighted by atomic mass is 9.96. The molecule has 0 bridgehead atoms. The van der Waals surface area contributed by atoms with Crippen molar-refractivity contribution in [2.24, 2.45) is 5.92 Å². The van der Waals surface area contributed by atoms with E-state index in [1.165, 1.54) is 11.5 Å². The van der Waals surface area contributed by atoms with Gasteiger partial charge in [0.2, 0.25) is 5.13 Å². The fourth-order valence-electron chi connectivity index (χ4n) is 1.39. The van der Waals surface area contributed by atoms with Gasteiger partial charge < -0.3 is 10.4 Å². The molecule has 6 heteroatoms. The van der Waals surface area contributed by atoms with Gasteiger partial charge in [-0.1, -0.05) is 34.6 Å². The van der Waals surface area contributed by atoms with Crippen LogP contribution >= 0.6 is 11.5 Å². The topological polar surface area (TPSA) is 75.1 Å². The molecule has 1 aromatic rings. The maximum Gasteiger partial charge on any atom is 0.305 e. The van der Waals surface area contributed by atoms with Gasteiger partial charge in [0.1, 0.15) is 5.82 Å². The first-order chi connectivity index (χ1) is 8.20. The number of carbonyl (C=O) groups is 1. The summed E-state index contributed by atoms with van der Waals surface area (Å²) in [4.78, 5) is 15.2. The average Bonchev–Trinajstić information content (AvgIpc) is 2.63. The number of hydrogen-bond acceptors (Lipinski definition) is 5. The molecule has 0 radical (unpaired) electrons. The van der Waals surface area contributed by atoms with Crippen LogP contribution < -0.4 is 5.32 Å². The zero-order valence-electron chi connectivity index (χ0n) is 11.5. The van der Waals surface area contributed by atoms with Crippen molar-refractivity contribution in [1.82, 2.24) is 9.36 Å². The van der Waals surface area contributed by atoms with Gasteiger partial charge in [-0.3, -0.25) is 4.79 Å². The van der Waals surface area contributed by atoms with Gasteiger partial charge in [0.25, 0.3) is 0 Å². The molecule has 0 saturated heterocycles. The van der Waals surface area contributed by atoms with Crippen molar-refractivity contribution >= 4 is 22.6 Å². The average molecular weight is 271 g/mol. The third kappa shape index (κ3) is 4.25. The Morgan fingerprint density at radius 1 is 1.44 bits per heavy atom. The lowest BCUT2D eigenvalue weighted by molar-refractivity contribution is -0.137. The summed E-state index contributed by atoms with van der Waals surface area (Å²) in [5, 5.41) is 12.7. The number of nitrogens with zero attached hydrogens (tertiary/aromatic N) is 2. The third-order valence-electron chi connectivity index (χ3n) is 2.60. The minimum atomic E-state index is -0.804. The molecular formula is C12H21N3O2S. The van der Waals surface area contributed by atoms with Gasteiger partial charge in [0, 0.05) is 23.0 Å². The number of hydrogen-bond donors (Lipinski definition) is 2. The molecule has 1 aromatic heterocycles. The second kappa shape index (κ2) is 5.65. The number of carboxylic acid groups (broad SMARTS) is 1. The number of aromatic nitrogens is 2. The molecule has 1 rings (SSSR count). The van der Waals surface area contributed by atoms with Crippen molar-refractivity contribution in [3.63, 3.8) is 0 Å². The van der Waals surface area contributed by atoms with Gasteiger partial charge in [0.15, 0.2) is 0 Å². The highest BCUT2D eigenvalue weighted by atomic mass is 32.1. The molecule has 102 valence electrons. The van der Waals surface area contributed by atoms with E-state index in [9.17, 15) is 4.79 Å². The summed E-state index contributed by atoms with van der Waals surface area (Å²) in [5.41, 5.74) is -0.0868. The van der Waals surface area contributed by atoms with E-state index in [4.69, 9.17) is 5.11 Å². The summed E-state index contributed by atoms with van der Waals surface area (Å²) >= 11 is 1.28. The Kier molecular flexibility index (Phi) is 4.67. The SMILES string of the molecule is CC(C)C(CC(=O)O)Nc1nc(C(C)(C)C)ns1. The quantitative estimate of drug-likeness (QED) is 0.861. The molecule has 1 heterocycles. The lowest BCUT2D eigenvalue weighted by Gasteiger charge is -2.19. The zero-order valence-corrected chi connectivity index (χ0v) is 12.3. The monoisotopic (exact) mass is 271 g/mol. The van der Waals surface area contributed by atoms with Crippen LogP contribution in [0.2, 0.25) is 0 Å². The van der Waals surface area contributed by atoms with Crippen LogP contribution in [0.4, 0.5) is 5.13 Å². The maximum absolute atomic E-state index is 10.8. The number of nitrogens with one attached hydrogen (secondary N) is 1. The van der Waals surface area contributed by atoms with E-state index in [1.54, 1.807) is 0 Å². The van der Waals surface area contributed by atoms with E-state index < -0.39 is 5.97 Å². The van der Waals surface area contributed by atoms with Crippen LogP contribution in [-0.2, 0) is 10.2 Å². The largest absolute Gasteiger partial charge is 0.481 e. The van der Waals surface area contributed by atoms with Crippen molar-refractivity contribution in [2.45, 2.75) is 52.5 Å². The molecule has 5 nitrogen and oxygen atoms in total. The molecule has 0 fully saturated rings. The van der Waals surface area contributed by atoms with Crippen molar-refractivity contribution in [2.75, 3.05) is 5.32 Å². The molecule has 1 atom stereocenters.